The summed E-state index contributed by atoms with van der Waals surface area (Å²) in [6, 6.07) is 9.19. The Morgan fingerprint density at radius 2 is 1.69 bits per heavy atom. The van der Waals surface area contributed by atoms with Crippen LogP contribution in [0.15, 0.2) is 42.7 Å². The Balaban J connectivity index is 1.54. The molecule has 4 rings (SSSR count). The van der Waals surface area contributed by atoms with E-state index >= 15 is 0 Å². The quantitative estimate of drug-likeness (QED) is 0.576. The van der Waals surface area contributed by atoms with Gasteiger partial charge in [0.2, 0.25) is 0 Å². The second kappa shape index (κ2) is 8.27. The number of carbonyl (C=O) groups excluding carboxylic acids is 1. The molecule has 2 saturated heterocycles. The Morgan fingerprint density at radius 1 is 1.03 bits per heavy atom. The van der Waals surface area contributed by atoms with Crippen molar-refractivity contribution in [3.05, 3.63) is 58.4 Å². The zero-order valence-electron chi connectivity index (χ0n) is 16.9. The van der Waals surface area contributed by atoms with Gasteiger partial charge in [-0.1, -0.05) is 6.92 Å². The number of piperidine rings is 2. The van der Waals surface area contributed by atoms with Crippen molar-refractivity contribution in [2.24, 2.45) is 5.92 Å². The predicted molar refractivity (Wildman–Crippen MR) is 112 cm³/mol. The van der Waals surface area contributed by atoms with E-state index in [1.54, 1.807) is 6.07 Å². The number of hydrogen-bond donors (Lipinski definition) is 0. The number of carbonyl (C=O) groups is 1. The van der Waals surface area contributed by atoms with Gasteiger partial charge < -0.3 is 14.4 Å². The van der Waals surface area contributed by atoms with Gasteiger partial charge in [0, 0.05) is 56.7 Å². The molecular weight excluding hydrogens is 368 g/mol. The number of nitro groups is 1. The summed E-state index contributed by atoms with van der Waals surface area (Å²) in [5, 5.41) is 11.3. The number of likely N-dealkylation sites (tertiary alicyclic amines) is 1. The molecule has 1 aromatic heterocycles. The second-order valence-electron chi connectivity index (χ2n) is 8.28. The highest BCUT2D eigenvalue weighted by Gasteiger charge is 2.29. The molecule has 1 amide bonds. The second-order valence-corrected chi connectivity index (χ2v) is 8.28. The highest BCUT2D eigenvalue weighted by Crippen LogP contribution is 2.31. The van der Waals surface area contributed by atoms with Crippen molar-refractivity contribution in [2.45, 2.75) is 38.6 Å². The Kier molecular flexibility index (Phi) is 5.56. The van der Waals surface area contributed by atoms with Crippen molar-refractivity contribution >= 4 is 17.3 Å². The molecule has 0 bridgehead atoms. The first-order valence-electron chi connectivity index (χ1n) is 10.5. The molecule has 0 N–H and O–H groups in total. The van der Waals surface area contributed by atoms with Gasteiger partial charge in [0.1, 0.15) is 0 Å². The Labute approximate surface area is 171 Å². The fourth-order valence-corrected chi connectivity index (χ4v) is 4.46. The Hall–Kier alpha value is -2.83. The first kappa shape index (κ1) is 19.5. The van der Waals surface area contributed by atoms with E-state index < -0.39 is 4.92 Å². The first-order chi connectivity index (χ1) is 14.0. The van der Waals surface area contributed by atoms with Crippen molar-refractivity contribution in [3.63, 3.8) is 0 Å². The van der Waals surface area contributed by atoms with Crippen LogP contribution in [0.5, 0.6) is 0 Å². The van der Waals surface area contributed by atoms with Gasteiger partial charge in [-0.2, -0.15) is 0 Å². The summed E-state index contributed by atoms with van der Waals surface area (Å²) >= 11 is 0. The molecular formula is C22H28N4O3. The molecule has 3 heterocycles. The summed E-state index contributed by atoms with van der Waals surface area (Å²) in [5.41, 5.74) is 1.28. The van der Waals surface area contributed by atoms with Crippen LogP contribution in [0, 0.1) is 16.0 Å². The van der Waals surface area contributed by atoms with Gasteiger partial charge in [-0.25, -0.2) is 0 Å². The van der Waals surface area contributed by atoms with Crippen LogP contribution in [0.2, 0.25) is 0 Å². The average Bonchev–Trinajstić information content (AvgIpc) is 3.28. The van der Waals surface area contributed by atoms with E-state index in [4.69, 9.17) is 0 Å². The third-order valence-corrected chi connectivity index (χ3v) is 6.35. The van der Waals surface area contributed by atoms with Gasteiger partial charge in [0.05, 0.1) is 16.2 Å². The van der Waals surface area contributed by atoms with Gasteiger partial charge >= 0.3 is 0 Å². The molecule has 154 valence electrons. The minimum Gasteiger partial charge on any atom is -0.371 e. The molecule has 7 heteroatoms. The zero-order valence-corrected chi connectivity index (χ0v) is 16.9. The molecule has 2 aliphatic heterocycles. The topological polar surface area (TPSA) is 71.6 Å². The molecule has 0 atom stereocenters. The van der Waals surface area contributed by atoms with Crippen molar-refractivity contribution in [2.75, 3.05) is 31.1 Å². The molecule has 0 radical (unpaired) electrons. The van der Waals surface area contributed by atoms with Crippen molar-refractivity contribution in [3.8, 4) is 0 Å². The van der Waals surface area contributed by atoms with Gasteiger partial charge in [-0.05, 0) is 49.8 Å². The van der Waals surface area contributed by atoms with E-state index in [2.05, 4.69) is 28.8 Å². The lowest BCUT2D eigenvalue weighted by molar-refractivity contribution is -0.384. The number of non-ortho nitro benzene ring substituents is 1. The number of amides is 1. The van der Waals surface area contributed by atoms with Gasteiger partial charge in [-0.3, -0.25) is 14.9 Å². The summed E-state index contributed by atoms with van der Waals surface area (Å²) in [5.74, 6) is 0.587. The lowest BCUT2D eigenvalue weighted by Gasteiger charge is -2.36. The largest absolute Gasteiger partial charge is 0.371 e. The van der Waals surface area contributed by atoms with E-state index in [9.17, 15) is 14.9 Å². The number of nitro benzene ring substituents is 1. The maximum atomic E-state index is 13.4. The molecule has 1 aromatic carbocycles. The maximum Gasteiger partial charge on any atom is 0.270 e. The summed E-state index contributed by atoms with van der Waals surface area (Å²) in [7, 11) is 0. The molecule has 0 aliphatic carbocycles. The Bertz CT molecular complexity index is 864. The van der Waals surface area contributed by atoms with Crippen molar-refractivity contribution in [1.82, 2.24) is 9.47 Å². The summed E-state index contributed by atoms with van der Waals surface area (Å²) in [6.45, 7) is 5.35. The highest BCUT2D eigenvalue weighted by atomic mass is 16.6. The number of rotatable bonds is 4. The molecule has 29 heavy (non-hydrogen) atoms. The van der Waals surface area contributed by atoms with Crippen LogP contribution < -0.4 is 4.90 Å². The van der Waals surface area contributed by atoms with Crippen LogP contribution in [0.25, 0.3) is 0 Å². The molecule has 2 aliphatic rings. The standard InChI is InChI=1S/C22H28N4O3/c1-17-6-12-24(13-7-17)21-5-4-19(26(28)29)16-20(21)22(27)25-14-8-18(9-15-25)23-10-2-3-11-23/h2-5,10-11,16-18H,6-9,12-15H2,1H3. The lowest BCUT2D eigenvalue weighted by atomic mass is 9.97. The third kappa shape index (κ3) is 4.13. The predicted octanol–water partition coefficient (Wildman–Crippen LogP) is 4.11. The number of aromatic nitrogens is 1. The minimum atomic E-state index is -0.420. The first-order valence-corrected chi connectivity index (χ1v) is 10.5. The number of anilines is 1. The van der Waals surface area contributed by atoms with E-state index in [-0.39, 0.29) is 11.6 Å². The summed E-state index contributed by atoms with van der Waals surface area (Å²) in [6.07, 6.45) is 8.08. The fourth-order valence-electron chi connectivity index (χ4n) is 4.46. The smallest absolute Gasteiger partial charge is 0.270 e. The average molecular weight is 396 g/mol. The molecule has 0 unspecified atom stereocenters. The van der Waals surface area contributed by atoms with Crippen LogP contribution >= 0.6 is 0 Å². The summed E-state index contributed by atoms with van der Waals surface area (Å²) < 4.78 is 2.20. The molecule has 2 fully saturated rings. The normalized spacial score (nSPS) is 18.8. The molecule has 7 nitrogen and oxygen atoms in total. The zero-order chi connectivity index (χ0) is 20.4. The van der Waals surface area contributed by atoms with Gasteiger partial charge in [-0.15, -0.1) is 0 Å². The maximum absolute atomic E-state index is 13.4. The van der Waals surface area contributed by atoms with E-state index in [0.29, 0.717) is 30.6 Å². The minimum absolute atomic E-state index is 0.0234. The number of nitrogens with zero attached hydrogens (tertiary/aromatic N) is 4. The molecule has 0 spiro atoms. The fraction of sp³-hybridized carbons (Fsp3) is 0.500. The van der Waals surface area contributed by atoms with E-state index in [0.717, 1.165) is 44.5 Å². The number of benzene rings is 1. The molecule has 0 saturated carbocycles. The third-order valence-electron chi connectivity index (χ3n) is 6.35. The van der Waals surface area contributed by atoms with Crippen LogP contribution in [0.4, 0.5) is 11.4 Å². The van der Waals surface area contributed by atoms with Gasteiger partial charge in [0.15, 0.2) is 0 Å². The highest BCUT2D eigenvalue weighted by molar-refractivity contribution is 6.00. The monoisotopic (exact) mass is 396 g/mol. The van der Waals surface area contributed by atoms with E-state index in [1.807, 2.05) is 17.0 Å². The van der Waals surface area contributed by atoms with Crippen LogP contribution in [0.3, 0.4) is 0 Å². The summed E-state index contributed by atoms with van der Waals surface area (Å²) in [4.78, 5) is 28.3. The van der Waals surface area contributed by atoms with Crippen LogP contribution in [0.1, 0.15) is 49.0 Å². The van der Waals surface area contributed by atoms with Crippen LogP contribution in [-0.4, -0.2) is 46.5 Å². The number of hydrogen-bond acceptors (Lipinski definition) is 4. The lowest BCUT2D eigenvalue weighted by Crippen LogP contribution is -2.40. The van der Waals surface area contributed by atoms with Crippen molar-refractivity contribution in [1.29, 1.82) is 0 Å². The van der Waals surface area contributed by atoms with E-state index in [1.165, 1.54) is 12.1 Å². The SMILES string of the molecule is CC1CCN(c2ccc([N+](=O)[O-])cc2C(=O)N2CCC(n3cccc3)CC2)CC1. The van der Waals surface area contributed by atoms with Gasteiger partial charge in [0.25, 0.3) is 11.6 Å². The Morgan fingerprint density at radius 3 is 2.31 bits per heavy atom. The van der Waals surface area contributed by atoms with Crippen LogP contribution in [-0.2, 0) is 0 Å². The van der Waals surface area contributed by atoms with Crippen molar-refractivity contribution < 1.29 is 9.72 Å². The molecule has 2 aromatic rings.